The first kappa shape index (κ1) is 31.6. The summed E-state index contributed by atoms with van der Waals surface area (Å²) in [4.78, 5) is 38.3. The minimum absolute atomic E-state index is 0. The third-order valence-electron chi connectivity index (χ3n) is 7.46. The largest absolute Gasteiger partial charge is 0.347 e. The summed E-state index contributed by atoms with van der Waals surface area (Å²) in [6, 6.07) is 7.24. The van der Waals surface area contributed by atoms with Crippen LogP contribution < -0.4 is 15.9 Å². The van der Waals surface area contributed by atoms with Crippen LogP contribution in [0.1, 0.15) is 37.6 Å². The van der Waals surface area contributed by atoms with Gasteiger partial charge >= 0.3 is 5.69 Å². The van der Waals surface area contributed by atoms with Crippen LogP contribution in [0, 0.1) is 11.6 Å². The Hall–Kier alpha value is -2.92. The highest BCUT2D eigenvalue weighted by atomic mass is 35.5. The smallest absolute Gasteiger partial charge is 0.311 e. The van der Waals surface area contributed by atoms with Crippen LogP contribution in [0.5, 0.6) is 0 Å². The molecule has 1 amide bonds. The van der Waals surface area contributed by atoms with Crippen LogP contribution in [0.4, 0.5) is 14.5 Å². The number of rotatable bonds is 6. The first-order valence-electron chi connectivity index (χ1n) is 12.8. The van der Waals surface area contributed by atoms with Gasteiger partial charge in [-0.3, -0.25) is 19.2 Å². The molecule has 216 valence electrons. The van der Waals surface area contributed by atoms with E-state index in [1.54, 1.807) is 27.9 Å². The second-order valence-electron chi connectivity index (χ2n) is 10.9. The van der Waals surface area contributed by atoms with Crippen molar-refractivity contribution in [1.82, 2.24) is 24.8 Å². The summed E-state index contributed by atoms with van der Waals surface area (Å²) in [5.41, 5.74) is 2.07. The Balaban J connectivity index is 0.00000220. The van der Waals surface area contributed by atoms with Gasteiger partial charge in [-0.2, -0.15) is 0 Å². The molecule has 2 aromatic heterocycles. The molecule has 0 saturated carbocycles. The number of pyridine rings is 1. The van der Waals surface area contributed by atoms with Gasteiger partial charge in [0.2, 0.25) is 5.91 Å². The highest BCUT2D eigenvalue weighted by Gasteiger charge is 2.40. The molecule has 0 bridgehead atoms. The predicted octanol–water partition coefficient (Wildman–Crippen LogP) is 3.34. The van der Waals surface area contributed by atoms with E-state index in [-0.39, 0.29) is 66.9 Å². The summed E-state index contributed by atoms with van der Waals surface area (Å²) in [5.74, 6) is -1.28. The van der Waals surface area contributed by atoms with E-state index in [2.05, 4.69) is 41.0 Å². The number of nitrogens with zero attached hydrogens (tertiary/aromatic N) is 5. The normalized spacial score (nSPS) is 19.9. The summed E-state index contributed by atoms with van der Waals surface area (Å²) in [5, 5.41) is 3.45. The number of carbonyl (C=O) groups excluding carboxylic acids is 1. The van der Waals surface area contributed by atoms with E-state index in [9.17, 15) is 18.4 Å². The summed E-state index contributed by atoms with van der Waals surface area (Å²) in [6.45, 7) is 8.67. The summed E-state index contributed by atoms with van der Waals surface area (Å²) >= 11 is 0. The lowest BCUT2D eigenvalue weighted by molar-refractivity contribution is -0.120. The Morgan fingerprint density at radius 1 is 1.18 bits per heavy atom. The van der Waals surface area contributed by atoms with Gasteiger partial charge in [-0.15, -0.1) is 24.8 Å². The fourth-order valence-corrected chi connectivity index (χ4v) is 5.39. The van der Waals surface area contributed by atoms with E-state index >= 15 is 0 Å². The van der Waals surface area contributed by atoms with Crippen LogP contribution in [0.3, 0.4) is 0 Å². The van der Waals surface area contributed by atoms with Crippen molar-refractivity contribution in [3.63, 3.8) is 0 Å². The molecule has 0 radical (unpaired) electrons. The standard InChI is InChI=1S/C28H32F2N6O2.2ClH/c1-18-14-35(22(12-32-18)15-34-8-4-7-31-27(34)38)16-26(37)36-17-28(2,3)23-13-33-21(11-25(23)36)9-19-5-6-20(29)10-24(19)30;;/h4-8,10-11,13,18,22,32H,9,12,14-17H2,1-3H3;2*1H/t18-,22-;;/m1../s1. The third kappa shape index (κ3) is 6.68. The predicted molar refractivity (Wildman–Crippen MR) is 155 cm³/mol. The molecule has 4 heterocycles. The first-order chi connectivity index (χ1) is 18.1. The molecule has 12 heteroatoms. The Morgan fingerprint density at radius 3 is 2.67 bits per heavy atom. The van der Waals surface area contributed by atoms with Crippen LogP contribution in [0.2, 0.25) is 0 Å². The van der Waals surface area contributed by atoms with E-state index in [1.165, 1.54) is 18.3 Å². The van der Waals surface area contributed by atoms with Crippen molar-refractivity contribution in [2.75, 3.05) is 31.1 Å². The minimum atomic E-state index is -0.624. The molecular weight excluding hydrogens is 561 g/mol. The number of benzene rings is 1. The topological polar surface area (TPSA) is 83.4 Å². The lowest BCUT2D eigenvalue weighted by atomic mass is 9.88. The van der Waals surface area contributed by atoms with Crippen molar-refractivity contribution >= 4 is 36.4 Å². The zero-order valence-electron chi connectivity index (χ0n) is 22.6. The van der Waals surface area contributed by atoms with Gasteiger partial charge in [0, 0.05) is 86.0 Å². The molecule has 2 atom stereocenters. The van der Waals surface area contributed by atoms with Gasteiger partial charge in [-0.25, -0.2) is 18.6 Å². The zero-order valence-corrected chi connectivity index (χ0v) is 24.3. The monoisotopic (exact) mass is 594 g/mol. The quantitative estimate of drug-likeness (QED) is 0.471. The molecule has 8 nitrogen and oxygen atoms in total. The molecule has 1 N–H and O–H groups in total. The Morgan fingerprint density at radius 2 is 1.95 bits per heavy atom. The molecule has 1 aromatic carbocycles. The maximum absolute atomic E-state index is 14.3. The number of piperazine rings is 1. The van der Waals surface area contributed by atoms with Crippen molar-refractivity contribution in [2.24, 2.45) is 0 Å². The van der Waals surface area contributed by atoms with Crippen LogP contribution in [-0.2, 0) is 23.2 Å². The van der Waals surface area contributed by atoms with Gasteiger partial charge in [0.15, 0.2) is 0 Å². The molecule has 2 aliphatic rings. The number of carbonyl (C=O) groups is 1. The van der Waals surface area contributed by atoms with E-state index in [0.717, 1.165) is 17.3 Å². The Labute approximate surface area is 244 Å². The number of anilines is 1. The average Bonchev–Trinajstić information content (AvgIpc) is 3.14. The van der Waals surface area contributed by atoms with E-state index in [0.29, 0.717) is 37.4 Å². The fraction of sp³-hybridized carbons (Fsp3) is 0.429. The lowest BCUT2D eigenvalue weighted by Gasteiger charge is -2.39. The average molecular weight is 596 g/mol. The number of fused-ring (bicyclic) bond motifs is 1. The Kier molecular flexibility index (Phi) is 10.1. The minimum Gasteiger partial charge on any atom is -0.311 e. The molecule has 2 aliphatic heterocycles. The van der Waals surface area contributed by atoms with Gasteiger partial charge in [-0.05, 0) is 30.7 Å². The van der Waals surface area contributed by atoms with Crippen LogP contribution in [-0.4, -0.2) is 63.6 Å². The van der Waals surface area contributed by atoms with Gasteiger partial charge in [0.1, 0.15) is 11.6 Å². The van der Waals surface area contributed by atoms with Crippen molar-refractivity contribution in [2.45, 2.75) is 51.2 Å². The molecule has 1 saturated heterocycles. The molecule has 3 aromatic rings. The number of hydrogen-bond acceptors (Lipinski definition) is 6. The van der Waals surface area contributed by atoms with Crippen molar-refractivity contribution < 1.29 is 13.6 Å². The van der Waals surface area contributed by atoms with Gasteiger partial charge < -0.3 is 10.2 Å². The van der Waals surface area contributed by atoms with Gasteiger partial charge in [0.05, 0.1) is 12.2 Å². The summed E-state index contributed by atoms with van der Waals surface area (Å²) in [6.07, 6.45) is 5.15. The highest BCUT2D eigenvalue weighted by Crippen LogP contribution is 2.40. The molecule has 0 spiro atoms. The lowest BCUT2D eigenvalue weighted by Crippen LogP contribution is -2.59. The summed E-state index contributed by atoms with van der Waals surface area (Å²) < 4.78 is 29.2. The Bertz CT molecular complexity index is 1420. The molecule has 1 fully saturated rings. The first-order valence-corrected chi connectivity index (χ1v) is 12.8. The highest BCUT2D eigenvalue weighted by molar-refractivity contribution is 5.97. The van der Waals surface area contributed by atoms with Crippen molar-refractivity contribution in [3.8, 4) is 0 Å². The van der Waals surface area contributed by atoms with E-state index in [1.807, 2.05) is 6.07 Å². The van der Waals surface area contributed by atoms with Gasteiger partial charge in [0.25, 0.3) is 0 Å². The molecule has 0 aliphatic carbocycles. The van der Waals surface area contributed by atoms with Crippen LogP contribution >= 0.6 is 24.8 Å². The molecule has 40 heavy (non-hydrogen) atoms. The zero-order chi connectivity index (χ0) is 27.0. The molecule has 0 unspecified atom stereocenters. The number of halogens is 4. The SMILES string of the molecule is C[C@@H]1CN(CC(=O)N2CC(C)(C)c3cnc(Cc4ccc(F)cc4F)cc32)[C@@H](Cn2cccnc2=O)CN1.Cl.Cl. The molecular formula is C28H34Cl2F2N6O2. The second-order valence-corrected chi connectivity index (χ2v) is 10.9. The second kappa shape index (κ2) is 12.7. The van der Waals surface area contributed by atoms with Crippen LogP contribution in [0.15, 0.2) is 53.7 Å². The summed E-state index contributed by atoms with van der Waals surface area (Å²) in [7, 11) is 0. The van der Waals surface area contributed by atoms with Crippen molar-refractivity contribution in [1.29, 1.82) is 0 Å². The van der Waals surface area contributed by atoms with E-state index < -0.39 is 11.6 Å². The number of amides is 1. The van der Waals surface area contributed by atoms with E-state index in [4.69, 9.17) is 0 Å². The number of hydrogen-bond donors (Lipinski definition) is 1. The maximum atomic E-state index is 14.3. The maximum Gasteiger partial charge on any atom is 0.347 e. The third-order valence-corrected chi connectivity index (χ3v) is 7.46. The van der Waals surface area contributed by atoms with Crippen molar-refractivity contribution in [3.05, 3.63) is 87.9 Å². The fourth-order valence-electron chi connectivity index (χ4n) is 5.39. The molecule has 5 rings (SSSR count). The van der Waals surface area contributed by atoms with Crippen LogP contribution in [0.25, 0.3) is 0 Å². The van der Waals surface area contributed by atoms with Gasteiger partial charge in [-0.1, -0.05) is 19.9 Å². The number of aromatic nitrogens is 3. The number of nitrogens with one attached hydrogen (secondary N) is 1.